The molecule has 1 atom stereocenters. The second-order valence-corrected chi connectivity index (χ2v) is 2.31. The van der Waals surface area contributed by atoms with Crippen LogP contribution in [0.3, 0.4) is 0 Å². The maximum absolute atomic E-state index is 10.3. The predicted molar refractivity (Wildman–Crippen MR) is 32.2 cm³/mol. The molecule has 0 saturated carbocycles. The molecule has 1 N–H and O–H groups in total. The van der Waals surface area contributed by atoms with Crippen LogP contribution >= 0.6 is 0 Å². The Hall–Kier alpha value is -0.570. The minimum atomic E-state index is -0.696. The van der Waals surface area contributed by atoms with Crippen LogP contribution in [0.1, 0.15) is 12.8 Å². The van der Waals surface area contributed by atoms with Gasteiger partial charge in [-0.2, -0.15) is 0 Å². The van der Waals surface area contributed by atoms with Gasteiger partial charge in [-0.15, -0.1) is 0 Å². The van der Waals surface area contributed by atoms with Crippen LogP contribution in [-0.2, 0) is 4.79 Å². The summed E-state index contributed by atoms with van der Waals surface area (Å²) >= 11 is 0. The van der Waals surface area contributed by atoms with E-state index in [-0.39, 0.29) is 5.92 Å². The number of rotatable bonds is 1. The molecule has 1 saturated heterocycles. The molecule has 1 unspecified atom stereocenters. The molecule has 0 aromatic heterocycles. The molecule has 1 radical (unpaired) electrons. The maximum Gasteiger partial charge on any atom is 0.307 e. The van der Waals surface area contributed by atoms with Gasteiger partial charge in [-0.1, -0.05) is 0 Å². The first-order valence-corrected chi connectivity index (χ1v) is 3.17. The van der Waals surface area contributed by atoms with Crippen molar-refractivity contribution in [3.05, 3.63) is 0 Å². The first kappa shape index (κ1) is 6.55. The first-order valence-electron chi connectivity index (χ1n) is 3.17. The quantitative estimate of drug-likeness (QED) is 0.544. The van der Waals surface area contributed by atoms with Crippen molar-refractivity contribution in [3.63, 3.8) is 0 Å². The molecule has 1 fully saturated rings. The first-order chi connectivity index (χ1) is 4.30. The Balaban J connectivity index is 2.31. The summed E-state index contributed by atoms with van der Waals surface area (Å²) < 4.78 is 0. The van der Waals surface area contributed by atoms with E-state index >= 15 is 0 Å². The normalized spacial score (nSPS) is 27.8. The molecule has 0 aromatic rings. The van der Waals surface area contributed by atoms with Gasteiger partial charge in [0, 0.05) is 13.1 Å². The third kappa shape index (κ3) is 1.68. The van der Waals surface area contributed by atoms with Gasteiger partial charge in [0.2, 0.25) is 0 Å². The molecule has 3 heteroatoms. The minimum absolute atomic E-state index is 0.196. The highest BCUT2D eigenvalue weighted by molar-refractivity contribution is 5.70. The Morgan fingerprint density at radius 2 is 2.44 bits per heavy atom. The number of hydrogen-bond donors (Lipinski definition) is 1. The van der Waals surface area contributed by atoms with Crippen molar-refractivity contribution in [3.8, 4) is 0 Å². The summed E-state index contributed by atoms with van der Waals surface area (Å²) in [6.07, 6.45) is 1.75. The highest BCUT2D eigenvalue weighted by Crippen LogP contribution is 2.09. The van der Waals surface area contributed by atoms with Crippen molar-refractivity contribution in [2.45, 2.75) is 12.8 Å². The van der Waals surface area contributed by atoms with Gasteiger partial charge in [-0.3, -0.25) is 4.79 Å². The van der Waals surface area contributed by atoms with E-state index in [4.69, 9.17) is 5.11 Å². The van der Waals surface area contributed by atoms with Crippen molar-refractivity contribution in [1.29, 1.82) is 0 Å². The zero-order valence-corrected chi connectivity index (χ0v) is 5.21. The Bertz CT molecular complexity index is 108. The topological polar surface area (TPSA) is 51.4 Å². The van der Waals surface area contributed by atoms with Gasteiger partial charge in [0.25, 0.3) is 0 Å². The van der Waals surface area contributed by atoms with Crippen LogP contribution in [0.2, 0.25) is 0 Å². The largest absolute Gasteiger partial charge is 0.481 e. The number of nitrogens with zero attached hydrogens (tertiary/aromatic N) is 1. The molecule has 0 aliphatic carbocycles. The van der Waals surface area contributed by atoms with Crippen molar-refractivity contribution in [2.75, 3.05) is 13.1 Å². The Labute approximate surface area is 54.1 Å². The zero-order chi connectivity index (χ0) is 6.69. The van der Waals surface area contributed by atoms with Crippen molar-refractivity contribution >= 4 is 5.97 Å². The monoisotopic (exact) mass is 128 g/mol. The molecule has 1 heterocycles. The second kappa shape index (κ2) is 2.82. The standard InChI is InChI=1S/C6H10NO2/c8-6(9)5-2-1-3-7-4-5/h5H,1-4H2,(H,8,9). The number of carbonyl (C=O) groups is 1. The van der Waals surface area contributed by atoms with Crippen LogP contribution < -0.4 is 5.32 Å². The number of hydrogen-bond acceptors (Lipinski definition) is 1. The predicted octanol–water partition coefficient (Wildman–Crippen LogP) is 0.0854. The minimum Gasteiger partial charge on any atom is -0.481 e. The molecule has 9 heavy (non-hydrogen) atoms. The SMILES string of the molecule is O=C(O)C1CCC[N]C1. The lowest BCUT2D eigenvalue weighted by molar-refractivity contribution is -0.142. The van der Waals surface area contributed by atoms with Gasteiger partial charge >= 0.3 is 5.97 Å². The van der Waals surface area contributed by atoms with E-state index < -0.39 is 5.97 Å². The highest BCUT2D eigenvalue weighted by atomic mass is 16.4. The van der Waals surface area contributed by atoms with E-state index in [2.05, 4.69) is 5.32 Å². The Kier molecular flexibility index (Phi) is 2.05. The lowest BCUT2D eigenvalue weighted by Crippen LogP contribution is -2.29. The Morgan fingerprint density at radius 1 is 1.67 bits per heavy atom. The number of aliphatic carboxylic acids is 1. The van der Waals surface area contributed by atoms with Crippen molar-refractivity contribution in [1.82, 2.24) is 5.32 Å². The fourth-order valence-electron chi connectivity index (χ4n) is 0.989. The summed E-state index contributed by atoms with van der Waals surface area (Å²) in [5, 5.41) is 12.5. The number of carboxylic acid groups (broad SMARTS) is 1. The number of piperidine rings is 1. The average molecular weight is 128 g/mol. The van der Waals surface area contributed by atoms with Gasteiger partial charge in [0.05, 0.1) is 5.92 Å². The third-order valence-corrected chi connectivity index (χ3v) is 1.57. The molecule has 1 aliphatic rings. The smallest absolute Gasteiger partial charge is 0.307 e. The van der Waals surface area contributed by atoms with Gasteiger partial charge in [-0.05, 0) is 12.8 Å². The third-order valence-electron chi connectivity index (χ3n) is 1.57. The maximum atomic E-state index is 10.3. The van der Waals surface area contributed by atoms with E-state index in [1.807, 2.05) is 0 Å². The lowest BCUT2D eigenvalue weighted by atomic mass is 10.0. The fourth-order valence-corrected chi connectivity index (χ4v) is 0.989. The summed E-state index contributed by atoms with van der Waals surface area (Å²) in [7, 11) is 0. The van der Waals surface area contributed by atoms with Gasteiger partial charge in [0.15, 0.2) is 0 Å². The van der Waals surface area contributed by atoms with E-state index in [1.54, 1.807) is 0 Å². The lowest BCUT2D eigenvalue weighted by Gasteiger charge is -2.16. The van der Waals surface area contributed by atoms with E-state index in [1.165, 1.54) is 0 Å². The number of carboxylic acids is 1. The van der Waals surface area contributed by atoms with E-state index in [0.29, 0.717) is 6.54 Å². The molecule has 0 amide bonds. The average Bonchev–Trinajstić information content (AvgIpc) is 1.90. The molecular formula is C6H10NO2. The zero-order valence-electron chi connectivity index (χ0n) is 5.21. The molecule has 0 aromatic carbocycles. The molecular weight excluding hydrogens is 118 g/mol. The summed E-state index contributed by atoms with van der Waals surface area (Å²) in [5.74, 6) is -0.891. The Morgan fingerprint density at radius 3 is 2.78 bits per heavy atom. The highest BCUT2D eigenvalue weighted by Gasteiger charge is 2.19. The summed E-state index contributed by atoms with van der Waals surface area (Å²) in [6.45, 7) is 1.37. The summed E-state index contributed by atoms with van der Waals surface area (Å²) in [5.41, 5.74) is 0. The van der Waals surface area contributed by atoms with Crippen LogP contribution in [0.15, 0.2) is 0 Å². The van der Waals surface area contributed by atoms with Crippen LogP contribution in [0.5, 0.6) is 0 Å². The van der Waals surface area contributed by atoms with E-state index in [9.17, 15) is 4.79 Å². The molecule has 0 bridgehead atoms. The van der Waals surface area contributed by atoms with E-state index in [0.717, 1.165) is 19.4 Å². The molecule has 51 valence electrons. The van der Waals surface area contributed by atoms with Gasteiger partial charge in [0.1, 0.15) is 0 Å². The van der Waals surface area contributed by atoms with Crippen molar-refractivity contribution in [2.24, 2.45) is 5.92 Å². The summed E-state index contributed by atoms with van der Waals surface area (Å²) in [6, 6.07) is 0. The van der Waals surface area contributed by atoms with Crippen LogP contribution in [0.4, 0.5) is 0 Å². The van der Waals surface area contributed by atoms with Gasteiger partial charge < -0.3 is 5.11 Å². The molecule has 3 nitrogen and oxygen atoms in total. The molecule has 1 rings (SSSR count). The van der Waals surface area contributed by atoms with Gasteiger partial charge in [-0.25, -0.2) is 5.32 Å². The van der Waals surface area contributed by atoms with Crippen LogP contribution in [0.25, 0.3) is 0 Å². The molecule has 0 spiro atoms. The van der Waals surface area contributed by atoms with Crippen LogP contribution in [0, 0.1) is 5.92 Å². The van der Waals surface area contributed by atoms with Crippen LogP contribution in [-0.4, -0.2) is 24.2 Å². The molecule has 1 aliphatic heterocycles. The summed E-state index contributed by atoms with van der Waals surface area (Å²) in [4.78, 5) is 10.3. The second-order valence-electron chi connectivity index (χ2n) is 2.31. The van der Waals surface area contributed by atoms with Crippen molar-refractivity contribution < 1.29 is 9.90 Å². The fraction of sp³-hybridized carbons (Fsp3) is 0.833.